The van der Waals surface area contributed by atoms with Gasteiger partial charge in [0.25, 0.3) is 0 Å². The summed E-state index contributed by atoms with van der Waals surface area (Å²) in [4.78, 5) is 0. The van der Waals surface area contributed by atoms with Crippen LogP contribution in [0.4, 0.5) is 0 Å². The van der Waals surface area contributed by atoms with Crippen molar-refractivity contribution in [3.8, 4) is 0 Å². The van der Waals surface area contributed by atoms with Crippen LogP contribution < -0.4 is 0 Å². The molecule has 0 amide bonds. The van der Waals surface area contributed by atoms with Gasteiger partial charge >= 0.3 is 6.94 Å². The molecule has 0 atom stereocenters. The molecular weight excluding hydrogens is 187 g/mol. The van der Waals surface area contributed by atoms with Crippen molar-refractivity contribution in [3.63, 3.8) is 0 Å². The van der Waals surface area contributed by atoms with Gasteiger partial charge < -0.3 is 4.43 Å². The summed E-state index contributed by atoms with van der Waals surface area (Å²) in [6.45, 7) is 5.43. The molecule has 0 radical (unpaired) electrons. The van der Waals surface area contributed by atoms with Crippen molar-refractivity contribution in [1.29, 1.82) is 0 Å². The van der Waals surface area contributed by atoms with Crippen LogP contribution in [-0.2, 0) is 4.43 Å². The van der Waals surface area contributed by atoms with Crippen molar-refractivity contribution < 1.29 is 4.43 Å². The van der Waals surface area contributed by atoms with E-state index in [0.717, 1.165) is 6.04 Å². The molecule has 1 nitrogen and oxygen atoms in total. The molecule has 0 aliphatic heterocycles. The second-order valence-corrected chi connectivity index (χ2v) is 9.63. The van der Waals surface area contributed by atoms with E-state index < -0.39 is 6.94 Å². The highest BCUT2D eigenvalue weighted by Crippen LogP contribution is 2.26. The molecule has 62 valence electrons. The maximum absolute atomic E-state index is 5.89. The van der Waals surface area contributed by atoms with E-state index in [1.54, 1.807) is 0 Å². The van der Waals surface area contributed by atoms with Crippen LogP contribution in [0.3, 0.4) is 0 Å². The molecule has 0 bridgehead atoms. The lowest BCUT2D eigenvalue weighted by Crippen LogP contribution is -2.34. The third-order valence-electron chi connectivity index (χ3n) is 0.867. The first-order valence-corrected chi connectivity index (χ1v) is 7.49. The van der Waals surface area contributed by atoms with Gasteiger partial charge in [-0.3, -0.25) is 0 Å². The molecule has 10 heavy (non-hydrogen) atoms. The minimum absolute atomic E-state index is 0.217. The lowest BCUT2D eigenvalue weighted by molar-refractivity contribution is 0.131. The maximum atomic E-state index is 5.89. The summed E-state index contributed by atoms with van der Waals surface area (Å²) in [6, 6.07) is 0.730. The van der Waals surface area contributed by atoms with Crippen LogP contribution in [0.25, 0.3) is 0 Å². The van der Waals surface area contributed by atoms with Crippen LogP contribution in [0.1, 0.15) is 27.7 Å². The molecule has 0 fully saturated rings. The van der Waals surface area contributed by atoms with Crippen LogP contribution in [-0.4, -0.2) is 12.5 Å². The predicted molar refractivity (Wildman–Crippen MR) is 48.8 cm³/mol. The minimum atomic E-state index is -2.37. The monoisotopic (exact) mass is 200 g/mol. The fourth-order valence-electron chi connectivity index (χ4n) is 0.520. The summed E-state index contributed by atoms with van der Waals surface area (Å²) in [5, 5.41) is 0. The molecule has 0 unspecified atom stereocenters. The molecule has 0 saturated heterocycles. The van der Waals surface area contributed by atoms with Crippen LogP contribution in [0.5, 0.6) is 0 Å². The summed E-state index contributed by atoms with van der Waals surface area (Å²) in [5.41, 5.74) is -0.217. The van der Waals surface area contributed by atoms with Crippen LogP contribution in [0.2, 0.25) is 6.04 Å². The van der Waals surface area contributed by atoms with E-state index in [4.69, 9.17) is 26.6 Å². The summed E-state index contributed by atoms with van der Waals surface area (Å²) in [5.74, 6) is 0. The van der Waals surface area contributed by atoms with Gasteiger partial charge in [0, 0.05) is 0 Å². The lowest BCUT2D eigenvalue weighted by atomic mass is 10.2. The lowest BCUT2D eigenvalue weighted by Gasteiger charge is -2.27. The molecule has 0 heterocycles. The van der Waals surface area contributed by atoms with Gasteiger partial charge in [-0.05, 0) is 26.8 Å². The van der Waals surface area contributed by atoms with E-state index in [-0.39, 0.29) is 5.60 Å². The topological polar surface area (TPSA) is 9.23 Å². The highest BCUT2D eigenvalue weighted by atomic mass is 35.7. The summed E-state index contributed by atoms with van der Waals surface area (Å²) in [7, 11) is 0. The zero-order valence-corrected chi connectivity index (χ0v) is 9.38. The van der Waals surface area contributed by atoms with Crippen molar-refractivity contribution in [2.75, 3.05) is 0 Å². The largest absolute Gasteiger partial charge is 0.389 e. The quantitative estimate of drug-likeness (QED) is 0.492. The van der Waals surface area contributed by atoms with Gasteiger partial charge in [-0.25, -0.2) is 0 Å². The van der Waals surface area contributed by atoms with Crippen molar-refractivity contribution in [3.05, 3.63) is 0 Å². The Bertz CT molecular complexity index is 109. The van der Waals surface area contributed by atoms with Crippen LogP contribution in [0.15, 0.2) is 0 Å². The predicted octanol–water partition coefficient (Wildman–Crippen LogP) is 3.24. The van der Waals surface area contributed by atoms with Gasteiger partial charge in [-0.2, -0.15) is 0 Å². The fraction of sp³-hybridized carbons (Fsp3) is 1.00. The molecule has 0 aliphatic rings. The number of hydrogen-bond acceptors (Lipinski definition) is 1. The number of rotatable bonds is 2. The summed E-state index contributed by atoms with van der Waals surface area (Å²) in [6.07, 6.45) is 0. The molecule has 0 aromatic rings. The smallest absolute Gasteiger partial charge is 0.387 e. The SMILES string of the molecule is CC[Si](Cl)(Cl)OC(C)(C)C. The molecule has 0 aliphatic carbocycles. The van der Waals surface area contributed by atoms with E-state index in [9.17, 15) is 0 Å². The summed E-state index contributed by atoms with van der Waals surface area (Å²) >= 11 is 11.8. The minimum Gasteiger partial charge on any atom is -0.387 e. The average molecular weight is 201 g/mol. The van der Waals surface area contributed by atoms with E-state index in [1.165, 1.54) is 0 Å². The Labute approximate surface area is 73.2 Å². The first-order valence-electron chi connectivity index (χ1n) is 3.35. The molecular formula is C6H14Cl2OSi. The van der Waals surface area contributed by atoms with E-state index in [1.807, 2.05) is 27.7 Å². The van der Waals surface area contributed by atoms with E-state index >= 15 is 0 Å². The first kappa shape index (κ1) is 10.8. The molecule has 0 aromatic heterocycles. The molecule has 0 rings (SSSR count). The standard InChI is InChI=1S/C6H14Cl2OSi/c1-5-10(7,8)9-6(2,3)4/h5H2,1-4H3. The Morgan fingerprint density at radius 2 is 1.70 bits per heavy atom. The molecule has 4 heteroatoms. The second-order valence-electron chi connectivity index (χ2n) is 3.21. The molecule has 0 aromatic carbocycles. The van der Waals surface area contributed by atoms with E-state index in [2.05, 4.69) is 0 Å². The van der Waals surface area contributed by atoms with Crippen molar-refractivity contribution in [1.82, 2.24) is 0 Å². The third-order valence-corrected chi connectivity index (χ3v) is 4.67. The summed E-state index contributed by atoms with van der Waals surface area (Å²) < 4.78 is 5.44. The Kier molecular flexibility index (Phi) is 3.70. The van der Waals surface area contributed by atoms with Gasteiger partial charge in [0.05, 0.1) is 5.60 Å². The third kappa shape index (κ3) is 5.53. The average Bonchev–Trinajstić information content (AvgIpc) is 1.60. The fourth-order valence-corrected chi connectivity index (χ4v) is 2.95. The van der Waals surface area contributed by atoms with Gasteiger partial charge in [0.1, 0.15) is 0 Å². The number of halogens is 2. The first-order chi connectivity index (χ1) is 4.27. The normalized spacial score (nSPS) is 13.8. The van der Waals surface area contributed by atoms with Crippen LogP contribution >= 0.6 is 22.2 Å². The van der Waals surface area contributed by atoms with Gasteiger partial charge in [-0.1, -0.05) is 6.92 Å². The van der Waals surface area contributed by atoms with Gasteiger partial charge in [-0.15, -0.1) is 22.2 Å². The maximum Gasteiger partial charge on any atom is 0.389 e. The van der Waals surface area contributed by atoms with Crippen molar-refractivity contribution >= 4 is 29.1 Å². The van der Waals surface area contributed by atoms with Crippen molar-refractivity contribution in [2.45, 2.75) is 39.3 Å². The Morgan fingerprint density at radius 3 is 1.80 bits per heavy atom. The Morgan fingerprint density at radius 1 is 1.30 bits per heavy atom. The molecule has 0 spiro atoms. The Balaban J connectivity index is 3.89. The van der Waals surface area contributed by atoms with Gasteiger partial charge in [0.2, 0.25) is 0 Å². The highest BCUT2D eigenvalue weighted by molar-refractivity contribution is 7.42. The van der Waals surface area contributed by atoms with Crippen molar-refractivity contribution in [2.24, 2.45) is 0 Å². The molecule has 0 N–H and O–H groups in total. The van der Waals surface area contributed by atoms with E-state index in [0.29, 0.717) is 0 Å². The zero-order valence-electron chi connectivity index (χ0n) is 6.87. The zero-order chi connectivity index (χ0) is 8.41. The Hall–Kier alpha value is 0.757. The highest BCUT2D eigenvalue weighted by Gasteiger charge is 2.33. The van der Waals surface area contributed by atoms with Gasteiger partial charge in [0.15, 0.2) is 0 Å². The second kappa shape index (κ2) is 3.44. The van der Waals surface area contributed by atoms with Crippen LogP contribution in [0, 0.1) is 0 Å². The molecule has 0 saturated carbocycles. The number of hydrogen-bond donors (Lipinski definition) is 0.